The van der Waals surface area contributed by atoms with E-state index in [1.807, 2.05) is 0 Å². The van der Waals surface area contributed by atoms with Crippen molar-refractivity contribution >= 4 is 63.3 Å². The maximum atomic E-state index is 11.2. The quantitative estimate of drug-likeness (QED) is 0.454. The number of hydrogen-bond acceptors (Lipinski definition) is 4. The molecule has 0 bridgehead atoms. The summed E-state index contributed by atoms with van der Waals surface area (Å²) in [5.41, 5.74) is 5.78. The molecule has 1 amide bonds. The number of carbonyl (C=O) groups excluding carboxylic acids is 1. The van der Waals surface area contributed by atoms with Gasteiger partial charge in [0.1, 0.15) is 6.04 Å². The molecule has 0 spiro atoms. The second-order valence-corrected chi connectivity index (χ2v) is 3.26. The first-order valence-corrected chi connectivity index (χ1v) is 4.83. The second kappa shape index (κ2) is 8.78. The van der Waals surface area contributed by atoms with Crippen LogP contribution in [0.5, 0.6) is 0 Å². The molecule has 1 rings (SSSR count). The second-order valence-electron chi connectivity index (χ2n) is 3.26. The van der Waals surface area contributed by atoms with Crippen LogP contribution in [0.2, 0.25) is 0 Å². The number of rotatable bonds is 6. The molecule has 1 aromatic heterocycles. The molecule has 0 radical (unpaired) electrons. The van der Waals surface area contributed by atoms with Gasteiger partial charge >= 0.3 is 57.4 Å². The Bertz CT molecular complexity index is 355. The van der Waals surface area contributed by atoms with Crippen molar-refractivity contribution in [3.63, 3.8) is 0 Å². The van der Waals surface area contributed by atoms with Crippen molar-refractivity contribution in [3.05, 3.63) is 18.2 Å². The van der Waals surface area contributed by atoms with E-state index in [0.29, 0.717) is 5.69 Å². The van der Waals surface area contributed by atoms with Gasteiger partial charge in [-0.2, -0.15) is 0 Å². The number of amides is 1. The molecule has 0 aliphatic heterocycles. The monoisotopic (exact) mass is 266 g/mol. The van der Waals surface area contributed by atoms with Gasteiger partial charge in [-0.3, -0.25) is 4.79 Å². The molecule has 1 unspecified atom stereocenters. The van der Waals surface area contributed by atoms with Crippen LogP contribution in [0, 0.1) is 0 Å². The van der Waals surface area contributed by atoms with Crippen LogP contribution < -0.4 is 11.1 Å². The van der Waals surface area contributed by atoms with E-state index in [0.717, 1.165) is 0 Å². The van der Waals surface area contributed by atoms with E-state index in [1.165, 1.54) is 6.33 Å². The Morgan fingerprint density at radius 3 is 2.76 bits per heavy atom. The predicted molar refractivity (Wildman–Crippen MR) is 62.7 cm³/mol. The number of carboxylic acids is 1. The molecule has 1 heterocycles. The third-order valence-electron chi connectivity index (χ3n) is 1.97. The first-order chi connectivity index (χ1) is 7.63. The van der Waals surface area contributed by atoms with Gasteiger partial charge in [-0.1, -0.05) is 0 Å². The normalized spacial score (nSPS) is 11.4. The van der Waals surface area contributed by atoms with Crippen molar-refractivity contribution in [2.24, 2.45) is 5.73 Å². The molecule has 0 aliphatic carbocycles. The summed E-state index contributed by atoms with van der Waals surface area (Å²) in [6.07, 6.45) is 3.31. The Kier molecular flexibility index (Phi) is 8.65. The average Bonchev–Trinajstić information content (AvgIpc) is 2.69. The number of aromatic nitrogens is 2. The standard InChI is InChI=1S/C9H14N4O3.K.H/c10-2-1-8(14)13-7(9(15)16)3-6-4-11-5-12-6;;/h4-5,7H,1-3,10H2,(H,11,12)(H,13,14)(H,15,16);;. The number of carboxylic acid groups (broad SMARTS) is 1. The summed E-state index contributed by atoms with van der Waals surface area (Å²) in [6.45, 7) is 0.195. The van der Waals surface area contributed by atoms with Crippen LogP contribution in [0.25, 0.3) is 0 Å². The summed E-state index contributed by atoms with van der Waals surface area (Å²) >= 11 is 0. The van der Waals surface area contributed by atoms with Crippen molar-refractivity contribution in [2.45, 2.75) is 18.9 Å². The van der Waals surface area contributed by atoms with Crippen molar-refractivity contribution < 1.29 is 14.7 Å². The van der Waals surface area contributed by atoms with E-state index in [1.54, 1.807) is 6.20 Å². The molecular formula is C9H15KN4O3. The summed E-state index contributed by atoms with van der Waals surface area (Å²) in [5.74, 6) is -1.46. The summed E-state index contributed by atoms with van der Waals surface area (Å²) in [7, 11) is 0. The van der Waals surface area contributed by atoms with E-state index in [9.17, 15) is 9.59 Å². The Morgan fingerprint density at radius 1 is 1.59 bits per heavy atom. The van der Waals surface area contributed by atoms with Gasteiger partial charge in [0.15, 0.2) is 0 Å². The Morgan fingerprint density at radius 2 is 2.29 bits per heavy atom. The number of aliphatic carboxylic acids is 1. The maximum absolute atomic E-state index is 11.2. The topological polar surface area (TPSA) is 121 Å². The van der Waals surface area contributed by atoms with Gasteiger partial charge in [-0.05, 0) is 0 Å². The predicted octanol–water partition coefficient (Wildman–Crippen LogP) is -1.78. The first-order valence-electron chi connectivity index (χ1n) is 4.83. The Hall–Kier alpha value is -0.254. The number of H-pyrrole nitrogens is 1. The van der Waals surface area contributed by atoms with Crippen molar-refractivity contribution in [1.82, 2.24) is 15.3 Å². The number of nitrogens with one attached hydrogen (secondary N) is 2. The van der Waals surface area contributed by atoms with Gasteiger partial charge in [0.05, 0.1) is 12.0 Å². The molecule has 1 atom stereocenters. The SMILES string of the molecule is NCCC(=O)NC(Cc1c[nH]cn1)C(=O)O.[KH]. The van der Waals surface area contributed by atoms with Gasteiger partial charge in [0.2, 0.25) is 5.91 Å². The van der Waals surface area contributed by atoms with Gasteiger partial charge in [0, 0.05) is 25.6 Å². The van der Waals surface area contributed by atoms with Crippen LogP contribution in [0.3, 0.4) is 0 Å². The molecular weight excluding hydrogens is 251 g/mol. The number of hydrogen-bond donors (Lipinski definition) is 4. The van der Waals surface area contributed by atoms with Gasteiger partial charge in [-0.15, -0.1) is 0 Å². The molecule has 0 fully saturated rings. The molecule has 17 heavy (non-hydrogen) atoms. The molecule has 1 aromatic rings. The number of nitrogens with two attached hydrogens (primary N) is 1. The summed E-state index contributed by atoms with van der Waals surface area (Å²) in [4.78, 5) is 28.7. The van der Waals surface area contributed by atoms with Gasteiger partial charge < -0.3 is 21.1 Å². The zero-order valence-electron chi connectivity index (χ0n) is 8.64. The molecule has 8 heteroatoms. The van der Waals surface area contributed by atoms with Crippen molar-refractivity contribution in [3.8, 4) is 0 Å². The number of nitrogens with zero attached hydrogens (tertiary/aromatic N) is 1. The molecule has 0 saturated carbocycles. The number of imidazole rings is 1. The number of carbonyl (C=O) groups is 2. The minimum atomic E-state index is -1.09. The molecule has 0 aromatic carbocycles. The zero-order valence-corrected chi connectivity index (χ0v) is 8.64. The van der Waals surface area contributed by atoms with Crippen LogP contribution in [0.15, 0.2) is 12.5 Å². The number of aromatic amines is 1. The fourth-order valence-electron chi connectivity index (χ4n) is 1.21. The van der Waals surface area contributed by atoms with Gasteiger partial charge in [-0.25, -0.2) is 9.78 Å². The van der Waals surface area contributed by atoms with E-state index in [-0.39, 0.29) is 76.7 Å². The third kappa shape index (κ3) is 6.29. The van der Waals surface area contributed by atoms with Crippen molar-refractivity contribution in [2.75, 3.05) is 6.54 Å². The zero-order chi connectivity index (χ0) is 12.0. The van der Waals surface area contributed by atoms with Gasteiger partial charge in [0.25, 0.3) is 0 Å². The average molecular weight is 266 g/mol. The van der Waals surface area contributed by atoms with Crippen LogP contribution in [0.4, 0.5) is 0 Å². The third-order valence-corrected chi connectivity index (χ3v) is 1.97. The summed E-state index contributed by atoms with van der Waals surface area (Å²) < 4.78 is 0. The van der Waals surface area contributed by atoms with E-state index < -0.39 is 12.0 Å². The first kappa shape index (κ1) is 16.7. The fraction of sp³-hybridized carbons (Fsp3) is 0.444. The molecule has 90 valence electrons. The van der Waals surface area contributed by atoms with E-state index >= 15 is 0 Å². The fourth-order valence-corrected chi connectivity index (χ4v) is 1.21. The van der Waals surface area contributed by atoms with Crippen LogP contribution in [0.1, 0.15) is 12.1 Å². The summed E-state index contributed by atoms with van der Waals surface area (Å²) in [5, 5.41) is 11.3. The van der Waals surface area contributed by atoms with Crippen LogP contribution in [-0.2, 0) is 16.0 Å². The van der Waals surface area contributed by atoms with Crippen LogP contribution in [-0.4, -0.2) is 90.9 Å². The molecule has 5 N–H and O–H groups in total. The summed E-state index contributed by atoms with van der Waals surface area (Å²) in [6, 6.07) is -0.970. The minimum absolute atomic E-state index is 0. The molecule has 7 nitrogen and oxygen atoms in total. The Balaban J connectivity index is 0.00000256. The van der Waals surface area contributed by atoms with Crippen LogP contribution >= 0.6 is 0 Å². The molecule has 0 aliphatic rings. The molecule has 0 saturated heterocycles. The van der Waals surface area contributed by atoms with E-state index in [2.05, 4.69) is 15.3 Å². The Labute approximate surface area is 141 Å². The van der Waals surface area contributed by atoms with E-state index in [4.69, 9.17) is 10.8 Å². The van der Waals surface area contributed by atoms with Crippen molar-refractivity contribution in [1.29, 1.82) is 0 Å².